The smallest absolute Gasteiger partial charge is 0.270 e. The summed E-state index contributed by atoms with van der Waals surface area (Å²) in [4.78, 5) is 47.7. The number of pyridine rings is 1. The number of nitrogens with zero attached hydrogens (tertiary/aromatic N) is 3. The van der Waals surface area contributed by atoms with E-state index in [9.17, 15) is 14.4 Å². The molecule has 3 amide bonds. The molecule has 2 aliphatic heterocycles. The zero-order chi connectivity index (χ0) is 24.8. The lowest BCUT2D eigenvalue weighted by Crippen LogP contribution is -2.52. The van der Waals surface area contributed by atoms with Crippen LogP contribution in [0.4, 0.5) is 0 Å². The number of benzene rings is 1. The fourth-order valence-corrected chi connectivity index (χ4v) is 5.60. The van der Waals surface area contributed by atoms with Crippen LogP contribution >= 0.6 is 11.8 Å². The Bertz CT molecular complexity index is 1050. The highest BCUT2D eigenvalue weighted by Crippen LogP contribution is 2.24. The Balaban J connectivity index is 1.36. The minimum absolute atomic E-state index is 0.00890. The summed E-state index contributed by atoms with van der Waals surface area (Å²) >= 11 is 1.65. The number of carbonyl (C=O) groups excluding carboxylic acids is 3. The number of para-hydroxylation sites is 1. The third-order valence-corrected chi connectivity index (χ3v) is 7.81. The average Bonchev–Trinajstić information content (AvgIpc) is 2.90. The van der Waals surface area contributed by atoms with Crippen molar-refractivity contribution in [2.75, 3.05) is 38.2 Å². The maximum atomic E-state index is 13.4. The number of carbonyl (C=O) groups is 3. The molecule has 2 atom stereocenters. The first-order valence-electron chi connectivity index (χ1n) is 12.7. The lowest BCUT2D eigenvalue weighted by atomic mass is 9.92. The van der Waals surface area contributed by atoms with E-state index in [2.05, 4.69) is 17.2 Å². The summed E-state index contributed by atoms with van der Waals surface area (Å²) in [6, 6.07) is 10.6. The standard InChI is InChI=1S/C27H36N4O3S/c1-19-6-5-14-31(18-19)26(33)21-11-15-30(16-12-21)27(34)24(13-17-35-2)29-25(32)23-10-9-20-7-3-4-8-22(20)28-23/h3-4,7-10,19,21,24H,5-6,11-18H2,1-2H3,(H,29,32)/t19-,24-/m1/s1. The molecule has 2 aliphatic rings. The molecular formula is C27H36N4O3S. The van der Waals surface area contributed by atoms with Crippen LogP contribution in [0, 0.1) is 11.8 Å². The minimum atomic E-state index is -0.599. The number of piperidine rings is 2. The summed E-state index contributed by atoms with van der Waals surface area (Å²) < 4.78 is 0. The Hall–Kier alpha value is -2.61. The van der Waals surface area contributed by atoms with Gasteiger partial charge in [0.25, 0.3) is 5.91 Å². The molecule has 2 aromatic rings. The summed E-state index contributed by atoms with van der Waals surface area (Å²) in [5.74, 6) is 1.17. The van der Waals surface area contributed by atoms with Gasteiger partial charge in [-0.1, -0.05) is 31.2 Å². The lowest BCUT2D eigenvalue weighted by Gasteiger charge is -2.38. The predicted molar refractivity (Wildman–Crippen MR) is 140 cm³/mol. The van der Waals surface area contributed by atoms with Crippen molar-refractivity contribution in [2.24, 2.45) is 11.8 Å². The monoisotopic (exact) mass is 496 g/mol. The normalized spacial score (nSPS) is 20.0. The van der Waals surface area contributed by atoms with Crippen LogP contribution < -0.4 is 5.32 Å². The van der Waals surface area contributed by atoms with Gasteiger partial charge >= 0.3 is 0 Å². The van der Waals surface area contributed by atoms with Gasteiger partial charge in [-0.2, -0.15) is 11.8 Å². The number of aromatic nitrogens is 1. The summed E-state index contributed by atoms with van der Waals surface area (Å²) in [6.45, 7) is 5.02. The Kier molecular flexibility index (Phi) is 8.65. The second-order valence-corrected chi connectivity index (χ2v) is 10.8. The van der Waals surface area contributed by atoms with Gasteiger partial charge in [-0.25, -0.2) is 4.98 Å². The van der Waals surface area contributed by atoms with Gasteiger partial charge in [0.2, 0.25) is 11.8 Å². The number of thioether (sulfide) groups is 1. The Morgan fingerprint density at radius 3 is 2.57 bits per heavy atom. The average molecular weight is 497 g/mol. The van der Waals surface area contributed by atoms with Crippen LogP contribution in [0.25, 0.3) is 10.9 Å². The number of hydrogen-bond donors (Lipinski definition) is 1. The van der Waals surface area contributed by atoms with Crippen molar-refractivity contribution >= 4 is 40.4 Å². The van der Waals surface area contributed by atoms with Gasteiger partial charge in [-0.05, 0) is 62.2 Å². The van der Waals surface area contributed by atoms with E-state index >= 15 is 0 Å². The largest absolute Gasteiger partial charge is 0.342 e. The number of amides is 3. The predicted octanol–water partition coefficient (Wildman–Crippen LogP) is 3.58. The van der Waals surface area contributed by atoms with Crippen molar-refractivity contribution in [1.82, 2.24) is 20.1 Å². The van der Waals surface area contributed by atoms with Gasteiger partial charge in [-0.3, -0.25) is 14.4 Å². The summed E-state index contributed by atoms with van der Waals surface area (Å²) in [5, 5.41) is 3.91. The second-order valence-electron chi connectivity index (χ2n) is 9.83. The molecule has 0 bridgehead atoms. The molecule has 1 aromatic carbocycles. The SMILES string of the molecule is CSCC[C@@H](NC(=O)c1ccc2ccccc2n1)C(=O)N1CCC(C(=O)N2CCC[C@@H](C)C2)CC1. The highest BCUT2D eigenvalue weighted by molar-refractivity contribution is 7.98. The van der Waals surface area contributed by atoms with Gasteiger partial charge in [-0.15, -0.1) is 0 Å². The first-order chi connectivity index (χ1) is 17.0. The maximum Gasteiger partial charge on any atom is 0.270 e. The number of likely N-dealkylation sites (tertiary alicyclic amines) is 2. The van der Waals surface area contributed by atoms with Crippen molar-refractivity contribution < 1.29 is 14.4 Å². The van der Waals surface area contributed by atoms with E-state index in [0.717, 1.165) is 36.2 Å². The molecule has 0 saturated carbocycles. The van der Waals surface area contributed by atoms with E-state index in [4.69, 9.17) is 0 Å². The number of rotatable bonds is 7. The van der Waals surface area contributed by atoms with E-state index in [0.29, 0.717) is 44.0 Å². The quantitative estimate of drug-likeness (QED) is 0.634. The molecule has 2 saturated heterocycles. The second kappa shape index (κ2) is 11.9. The fraction of sp³-hybridized carbons (Fsp3) is 0.556. The lowest BCUT2D eigenvalue weighted by molar-refractivity contribution is -0.142. The van der Waals surface area contributed by atoms with E-state index in [1.807, 2.05) is 46.4 Å². The Morgan fingerprint density at radius 1 is 1.06 bits per heavy atom. The van der Waals surface area contributed by atoms with Gasteiger partial charge < -0.3 is 15.1 Å². The van der Waals surface area contributed by atoms with Crippen molar-refractivity contribution in [2.45, 2.75) is 45.1 Å². The third kappa shape index (κ3) is 6.34. The summed E-state index contributed by atoms with van der Waals surface area (Å²) in [6.07, 6.45) is 6.19. The maximum absolute atomic E-state index is 13.4. The highest BCUT2D eigenvalue weighted by Gasteiger charge is 2.34. The van der Waals surface area contributed by atoms with E-state index in [1.54, 1.807) is 17.8 Å². The molecule has 8 heteroatoms. The van der Waals surface area contributed by atoms with Gasteiger partial charge in [0.15, 0.2) is 0 Å². The van der Waals surface area contributed by atoms with Crippen LogP contribution in [-0.4, -0.2) is 76.7 Å². The molecule has 0 unspecified atom stereocenters. The van der Waals surface area contributed by atoms with Crippen molar-refractivity contribution in [1.29, 1.82) is 0 Å². The molecule has 7 nitrogen and oxygen atoms in total. The summed E-state index contributed by atoms with van der Waals surface area (Å²) in [5.41, 5.74) is 1.06. The van der Waals surface area contributed by atoms with E-state index in [1.165, 1.54) is 6.42 Å². The first kappa shape index (κ1) is 25.5. The number of nitrogens with one attached hydrogen (secondary N) is 1. The van der Waals surface area contributed by atoms with Crippen molar-refractivity contribution in [3.8, 4) is 0 Å². The topological polar surface area (TPSA) is 82.6 Å². The molecule has 2 fully saturated rings. The third-order valence-electron chi connectivity index (χ3n) is 7.17. The zero-order valence-corrected chi connectivity index (χ0v) is 21.6. The van der Waals surface area contributed by atoms with Crippen LogP contribution in [-0.2, 0) is 9.59 Å². The molecule has 1 N–H and O–H groups in total. The summed E-state index contributed by atoms with van der Waals surface area (Å²) in [7, 11) is 0. The van der Waals surface area contributed by atoms with E-state index in [-0.39, 0.29) is 23.6 Å². The Morgan fingerprint density at radius 2 is 1.83 bits per heavy atom. The molecule has 0 aliphatic carbocycles. The number of hydrogen-bond acceptors (Lipinski definition) is 5. The van der Waals surface area contributed by atoms with Gasteiger partial charge in [0.05, 0.1) is 5.52 Å². The fourth-order valence-electron chi connectivity index (χ4n) is 5.13. The minimum Gasteiger partial charge on any atom is -0.342 e. The molecule has 0 radical (unpaired) electrons. The Labute approximate surface area is 212 Å². The molecule has 0 spiro atoms. The van der Waals surface area contributed by atoms with Crippen LogP contribution in [0.5, 0.6) is 0 Å². The molecule has 3 heterocycles. The molecular weight excluding hydrogens is 460 g/mol. The molecule has 1 aromatic heterocycles. The van der Waals surface area contributed by atoms with Crippen LogP contribution in [0.2, 0.25) is 0 Å². The first-order valence-corrected chi connectivity index (χ1v) is 14.1. The van der Waals surface area contributed by atoms with Crippen LogP contribution in [0.3, 0.4) is 0 Å². The van der Waals surface area contributed by atoms with E-state index < -0.39 is 6.04 Å². The van der Waals surface area contributed by atoms with Crippen molar-refractivity contribution in [3.05, 3.63) is 42.1 Å². The van der Waals surface area contributed by atoms with Crippen LogP contribution in [0.15, 0.2) is 36.4 Å². The molecule has 4 rings (SSSR count). The molecule has 35 heavy (non-hydrogen) atoms. The number of fused-ring (bicyclic) bond motifs is 1. The van der Waals surface area contributed by atoms with Gasteiger partial charge in [0.1, 0.15) is 11.7 Å². The van der Waals surface area contributed by atoms with Gasteiger partial charge in [0, 0.05) is 37.5 Å². The zero-order valence-electron chi connectivity index (χ0n) is 20.7. The molecule has 188 valence electrons. The van der Waals surface area contributed by atoms with Crippen LogP contribution in [0.1, 0.15) is 49.5 Å². The highest BCUT2D eigenvalue weighted by atomic mass is 32.2. The van der Waals surface area contributed by atoms with Crippen molar-refractivity contribution in [3.63, 3.8) is 0 Å².